The quantitative estimate of drug-likeness (QED) is 0.332. The number of aromatic nitrogens is 2. The summed E-state index contributed by atoms with van der Waals surface area (Å²) in [5, 5.41) is 9.42. The van der Waals surface area contributed by atoms with Crippen molar-refractivity contribution in [3.63, 3.8) is 0 Å². The number of hydrogen-bond acceptors (Lipinski definition) is 6. The smallest absolute Gasteiger partial charge is 0.293 e. The van der Waals surface area contributed by atoms with Gasteiger partial charge in [0.05, 0.1) is 30.1 Å². The Morgan fingerprint density at radius 1 is 1.21 bits per heavy atom. The van der Waals surface area contributed by atoms with Crippen LogP contribution in [-0.2, 0) is 17.1 Å². The predicted octanol–water partition coefficient (Wildman–Crippen LogP) is 4.72. The van der Waals surface area contributed by atoms with Crippen molar-refractivity contribution >= 4 is 40.3 Å². The van der Waals surface area contributed by atoms with E-state index in [0.29, 0.717) is 35.3 Å². The van der Waals surface area contributed by atoms with Gasteiger partial charge in [0.1, 0.15) is 5.54 Å². The Labute approximate surface area is 223 Å². The molecule has 0 spiro atoms. The molecule has 0 unspecified atom stereocenters. The highest BCUT2D eigenvalue weighted by atomic mass is 32.1. The minimum Gasteiger partial charge on any atom is -0.493 e. The number of methoxy groups -OCH3 is 1. The third-order valence-electron chi connectivity index (χ3n) is 6.39. The Kier molecular flexibility index (Phi) is 6.80. The van der Waals surface area contributed by atoms with Gasteiger partial charge < -0.3 is 9.64 Å². The maximum Gasteiger partial charge on any atom is 0.293 e. The minimum atomic E-state index is -3.44. The van der Waals surface area contributed by atoms with E-state index < -0.39 is 22.9 Å². The number of anilines is 2. The highest BCUT2D eigenvalue weighted by Gasteiger charge is 2.51. The number of carbonyl (C=O) groups excluding carboxylic acids is 1. The van der Waals surface area contributed by atoms with E-state index in [4.69, 9.17) is 17.0 Å². The molecule has 0 atom stereocenters. The van der Waals surface area contributed by atoms with Crippen LogP contribution in [0.25, 0.3) is 5.65 Å². The van der Waals surface area contributed by atoms with Crippen molar-refractivity contribution < 1.29 is 18.3 Å². The van der Waals surface area contributed by atoms with Crippen molar-refractivity contribution in [3.05, 3.63) is 75.9 Å². The SMILES string of the molecule is C/C=C/C(F)(F)c1cc(N2C(=O)C(C)(C)N(c3cc(OC)c4nc(CC)cc(=O)n4c3)C2=S)ccc1C#N. The molecule has 1 amide bonds. The number of hydrogen-bond donors (Lipinski definition) is 0. The molecule has 8 nitrogen and oxygen atoms in total. The fraction of sp³-hybridized carbons (Fsp3) is 0.296. The fourth-order valence-corrected chi connectivity index (χ4v) is 4.98. The maximum absolute atomic E-state index is 14.8. The topological polar surface area (TPSA) is 90.9 Å². The van der Waals surface area contributed by atoms with Crippen LogP contribution in [0.3, 0.4) is 0 Å². The number of allylic oxidation sites excluding steroid dienone is 2. The Morgan fingerprint density at radius 2 is 1.92 bits per heavy atom. The predicted molar refractivity (Wildman–Crippen MR) is 144 cm³/mol. The molecule has 4 rings (SSSR count). The summed E-state index contributed by atoms with van der Waals surface area (Å²) in [6.07, 6.45) is 3.95. The zero-order chi connectivity index (χ0) is 28.0. The standard InChI is InChI=1S/C27H25F2N5O3S/c1-6-10-27(28,29)20-12-18(9-8-16(20)14-30)33-24(36)26(3,4)34(25(33)38)19-13-21(37-5)23-31-17(7-2)11-22(35)32(23)15-19/h6,8-13,15H,7H2,1-5H3/b10-6+. The minimum absolute atomic E-state index is 0.0117. The van der Waals surface area contributed by atoms with Crippen molar-refractivity contribution in [2.45, 2.75) is 45.6 Å². The fourth-order valence-electron chi connectivity index (χ4n) is 4.46. The number of ether oxygens (including phenoxy) is 1. The molecule has 1 aliphatic rings. The van der Waals surface area contributed by atoms with Crippen molar-refractivity contribution in [1.29, 1.82) is 5.26 Å². The number of aryl methyl sites for hydroxylation is 1. The summed E-state index contributed by atoms with van der Waals surface area (Å²) >= 11 is 5.70. The second-order valence-corrected chi connectivity index (χ2v) is 9.55. The van der Waals surface area contributed by atoms with E-state index in [1.807, 2.05) is 6.92 Å². The Balaban J connectivity index is 1.88. The lowest BCUT2D eigenvalue weighted by molar-refractivity contribution is -0.120. The third kappa shape index (κ3) is 4.20. The summed E-state index contributed by atoms with van der Waals surface area (Å²) in [5.74, 6) is -3.61. The van der Waals surface area contributed by atoms with Gasteiger partial charge in [-0.15, -0.1) is 0 Å². The molecule has 3 aromatic rings. The second kappa shape index (κ2) is 9.61. The first-order chi connectivity index (χ1) is 17.9. The normalized spacial score (nSPS) is 15.5. The molecule has 38 heavy (non-hydrogen) atoms. The van der Waals surface area contributed by atoms with Gasteiger partial charge in [0.25, 0.3) is 17.4 Å². The number of fused-ring (bicyclic) bond motifs is 1. The van der Waals surface area contributed by atoms with Gasteiger partial charge in [-0.25, -0.2) is 4.98 Å². The molecule has 11 heteroatoms. The van der Waals surface area contributed by atoms with Crippen LogP contribution in [0.4, 0.5) is 20.2 Å². The first-order valence-electron chi connectivity index (χ1n) is 11.8. The molecule has 1 aromatic carbocycles. The number of carbonyl (C=O) groups is 1. The van der Waals surface area contributed by atoms with Crippen LogP contribution in [0.5, 0.6) is 5.75 Å². The lowest BCUT2D eigenvalue weighted by atomic mass is 9.99. The van der Waals surface area contributed by atoms with Gasteiger partial charge in [0.2, 0.25) is 0 Å². The van der Waals surface area contributed by atoms with Gasteiger partial charge in [-0.05, 0) is 63.7 Å². The van der Waals surface area contributed by atoms with E-state index in [1.54, 1.807) is 26.0 Å². The third-order valence-corrected chi connectivity index (χ3v) is 6.76. The maximum atomic E-state index is 14.8. The van der Waals surface area contributed by atoms with E-state index in [0.717, 1.165) is 11.0 Å². The molecule has 1 aliphatic heterocycles. The molecule has 0 aliphatic carbocycles. The van der Waals surface area contributed by atoms with E-state index in [-0.39, 0.29) is 21.9 Å². The van der Waals surface area contributed by atoms with Crippen molar-refractivity contribution in [1.82, 2.24) is 9.38 Å². The first-order valence-corrected chi connectivity index (χ1v) is 12.2. The van der Waals surface area contributed by atoms with E-state index >= 15 is 0 Å². The second-order valence-electron chi connectivity index (χ2n) is 9.18. The number of thiocarbonyl (C=S) groups is 1. The number of rotatable bonds is 6. The van der Waals surface area contributed by atoms with Gasteiger partial charge in [-0.1, -0.05) is 13.0 Å². The number of alkyl halides is 2. The highest BCUT2D eigenvalue weighted by Crippen LogP contribution is 2.40. The number of nitriles is 1. The summed E-state index contributed by atoms with van der Waals surface area (Å²) in [5.41, 5.74) is -0.964. The molecule has 2 aromatic heterocycles. The zero-order valence-electron chi connectivity index (χ0n) is 21.5. The van der Waals surface area contributed by atoms with E-state index in [1.165, 1.54) is 53.8 Å². The molecule has 0 N–H and O–H groups in total. The molecule has 196 valence electrons. The highest BCUT2D eigenvalue weighted by molar-refractivity contribution is 7.81. The lowest BCUT2D eigenvalue weighted by Gasteiger charge is -2.30. The van der Waals surface area contributed by atoms with Crippen LogP contribution in [0.2, 0.25) is 0 Å². The average Bonchev–Trinajstić information content (AvgIpc) is 3.06. The van der Waals surface area contributed by atoms with Crippen LogP contribution >= 0.6 is 12.2 Å². The molecule has 0 bridgehead atoms. The monoisotopic (exact) mass is 537 g/mol. The Morgan fingerprint density at radius 3 is 2.53 bits per heavy atom. The Bertz CT molecular complexity index is 1610. The zero-order valence-corrected chi connectivity index (χ0v) is 22.3. The summed E-state index contributed by atoms with van der Waals surface area (Å²) in [6.45, 7) is 6.61. The number of amides is 1. The largest absolute Gasteiger partial charge is 0.493 e. The van der Waals surface area contributed by atoms with Crippen LogP contribution in [0.1, 0.15) is 44.5 Å². The van der Waals surface area contributed by atoms with Crippen LogP contribution in [0, 0.1) is 11.3 Å². The summed E-state index contributed by atoms with van der Waals surface area (Å²) < 4.78 is 36.5. The molecule has 1 saturated heterocycles. The van der Waals surface area contributed by atoms with Crippen LogP contribution in [0.15, 0.2) is 53.5 Å². The summed E-state index contributed by atoms with van der Waals surface area (Å²) in [4.78, 5) is 33.7. The van der Waals surface area contributed by atoms with Crippen molar-refractivity contribution in [2.75, 3.05) is 16.9 Å². The summed E-state index contributed by atoms with van der Waals surface area (Å²) in [6, 6.07) is 8.57. The van der Waals surface area contributed by atoms with Crippen LogP contribution < -0.4 is 20.1 Å². The number of benzene rings is 1. The molecule has 1 fully saturated rings. The molecule has 3 heterocycles. The molecule has 0 radical (unpaired) electrons. The van der Waals surface area contributed by atoms with Crippen LogP contribution in [-0.4, -0.2) is 33.1 Å². The number of halogens is 2. The van der Waals surface area contributed by atoms with E-state index in [2.05, 4.69) is 4.98 Å². The first kappa shape index (κ1) is 26.9. The van der Waals surface area contributed by atoms with Gasteiger partial charge >= 0.3 is 0 Å². The van der Waals surface area contributed by atoms with Crippen molar-refractivity contribution in [2.24, 2.45) is 0 Å². The molecular formula is C27H25F2N5O3S. The van der Waals surface area contributed by atoms with Gasteiger partial charge in [-0.2, -0.15) is 14.0 Å². The summed E-state index contributed by atoms with van der Waals surface area (Å²) in [7, 11) is 1.44. The average molecular weight is 538 g/mol. The Hall–Kier alpha value is -4.17. The van der Waals surface area contributed by atoms with Gasteiger partial charge in [-0.3, -0.25) is 18.9 Å². The number of nitrogens with zero attached hydrogens (tertiary/aromatic N) is 5. The van der Waals surface area contributed by atoms with Gasteiger partial charge in [0, 0.05) is 29.6 Å². The molecule has 0 saturated carbocycles. The van der Waals surface area contributed by atoms with E-state index in [9.17, 15) is 23.6 Å². The number of pyridine rings is 1. The van der Waals surface area contributed by atoms with Gasteiger partial charge in [0.15, 0.2) is 16.5 Å². The molecular weight excluding hydrogens is 512 g/mol. The lowest BCUT2D eigenvalue weighted by Crippen LogP contribution is -2.44. The van der Waals surface area contributed by atoms with Crippen molar-refractivity contribution in [3.8, 4) is 11.8 Å².